The molecule has 1 fully saturated rings. The largest absolute Gasteiger partial charge is 0.433 e. The van der Waals surface area contributed by atoms with Gasteiger partial charge in [0.05, 0.1) is 23.0 Å². The Morgan fingerprint density at radius 2 is 1.93 bits per heavy atom. The predicted octanol–water partition coefficient (Wildman–Crippen LogP) is 2.87. The van der Waals surface area contributed by atoms with Crippen molar-refractivity contribution in [3.05, 3.63) is 46.5 Å². The van der Waals surface area contributed by atoms with Crippen LogP contribution in [0, 0.1) is 13.8 Å². The predicted molar refractivity (Wildman–Crippen MR) is 98.3 cm³/mol. The van der Waals surface area contributed by atoms with Crippen molar-refractivity contribution in [3.63, 3.8) is 0 Å². The molecule has 0 aliphatic carbocycles. The number of likely N-dealkylation sites (tertiary alicyclic amines) is 1. The molecule has 2 aromatic heterocycles. The van der Waals surface area contributed by atoms with E-state index in [0.717, 1.165) is 12.1 Å². The van der Waals surface area contributed by atoms with Crippen molar-refractivity contribution in [1.29, 1.82) is 0 Å². The van der Waals surface area contributed by atoms with E-state index in [9.17, 15) is 22.8 Å². The Hall–Kier alpha value is -2.91. The molecule has 1 aliphatic heterocycles. The quantitative estimate of drug-likeness (QED) is 0.816. The molecule has 0 aromatic carbocycles. The first-order chi connectivity index (χ1) is 13.7. The number of hydrogen-bond donors (Lipinski definition) is 2. The van der Waals surface area contributed by atoms with Gasteiger partial charge in [0.25, 0.3) is 11.8 Å². The summed E-state index contributed by atoms with van der Waals surface area (Å²) in [7, 11) is 0. The van der Waals surface area contributed by atoms with E-state index in [1.807, 2.05) is 0 Å². The zero-order valence-electron chi connectivity index (χ0n) is 16.1. The summed E-state index contributed by atoms with van der Waals surface area (Å²) in [5.74, 6) is -0.565. The third-order valence-corrected chi connectivity index (χ3v) is 5.03. The molecular formula is C19H22F3N5O2. The maximum atomic E-state index is 12.7. The van der Waals surface area contributed by atoms with Gasteiger partial charge in [-0.25, -0.2) is 4.98 Å². The molecule has 0 unspecified atom stereocenters. The van der Waals surface area contributed by atoms with Crippen LogP contribution in [0.4, 0.5) is 13.2 Å². The number of pyridine rings is 1. The second kappa shape index (κ2) is 8.22. The topological polar surface area (TPSA) is 91.0 Å². The highest BCUT2D eigenvalue weighted by atomic mass is 19.4. The van der Waals surface area contributed by atoms with E-state index >= 15 is 0 Å². The van der Waals surface area contributed by atoms with Crippen LogP contribution in [-0.4, -0.2) is 51.0 Å². The molecule has 0 saturated carbocycles. The summed E-state index contributed by atoms with van der Waals surface area (Å²) in [6.07, 6.45) is -1.11. The highest BCUT2D eigenvalue weighted by Crippen LogP contribution is 2.28. The number of hydrogen-bond acceptors (Lipinski definition) is 4. The number of aromatic nitrogens is 3. The number of aryl methyl sites for hydroxylation is 2. The van der Waals surface area contributed by atoms with E-state index in [4.69, 9.17) is 0 Å². The minimum absolute atomic E-state index is 0.0261. The summed E-state index contributed by atoms with van der Waals surface area (Å²) in [5.41, 5.74) is 0.348. The number of nitrogens with one attached hydrogen (secondary N) is 2. The zero-order valence-corrected chi connectivity index (χ0v) is 16.1. The van der Waals surface area contributed by atoms with Gasteiger partial charge < -0.3 is 10.2 Å². The number of H-pyrrole nitrogens is 1. The molecule has 1 saturated heterocycles. The second-order valence-electron chi connectivity index (χ2n) is 7.13. The molecule has 2 N–H and O–H groups in total. The molecule has 1 atom stereocenters. The number of alkyl halides is 3. The number of aromatic amines is 1. The van der Waals surface area contributed by atoms with Crippen molar-refractivity contribution >= 4 is 11.8 Å². The molecule has 0 radical (unpaired) electrons. The lowest BCUT2D eigenvalue weighted by molar-refractivity contribution is -0.141. The lowest BCUT2D eigenvalue weighted by Gasteiger charge is -2.21. The maximum Gasteiger partial charge on any atom is 0.433 e. The van der Waals surface area contributed by atoms with Crippen LogP contribution in [0.25, 0.3) is 0 Å². The molecular weight excluding hydrogens is 387 g/mol. The number of carbonyl (C=O) groups excluding carboxylic acids is 2. The third-order valence-electron chi connectivity index (χ3n) is 5.03. The van der Waals surface area contributed by atoms with E-state index in [-0.39, 0.29) is 23.2 Å². The normalized spacial score (nSPS) is 17.7. The first-order valence-electron chi connectivity index (χ1n) is 9.31. The summed E-state index contributed by atoms with van der Waals surface area (Å²) >= 11 is 0. The Morgan fingerprint density at radius 1 is 1.17 bits per heavy atom. The molecule has 7 nitrogen and oxygen atoms in total. The molecule has 2 aromatic rings. The van der Waals surface area contributed by atoms with Gasteiger partial charge in [0.15, 0.2) is 0 Å². The average Bonchev–Trinajstić information content (AvgIpc) is 2.94. The monoisotopic (exact) mass is 409 g/mol. The van der Waals surface area contributed by atoms with E-state index in [1.54, 1.807) is 11.8 Å². The minimum atomic E-state index is -4.55. The molecule has 3 heterocycles. The van der Waals surface area contributed by atoms with Gasteiger partial charge in [-0.2, -0.15) is 18.3 Å². The fourth-order valence-corrected chi connectivity index (χ4v) is 3.40. The molecule has 10 heteroatoms. The SMILES string of the molecule is Cc1nc(C(F)(F)F)ccc1C(=O)N[C@H]1CCCN(C(=O)c2cn[nH]c2C)CC1. The summed E-state index contributed by atoms with van der Waals surface area (Å²) < 4.78 is 38.2. The van der Waals surface area contributed by atoms with Gasteiger partial charge in [-0.3, -0.25) is 14.7 Å². The van der Waals surface area contributed by atoms with Gasteiger partial charge in [-0.05, 0) is 45.2 Å². The van der Waals surface area contributed by atoms with E-state index in [1.165, 1.54) is 13.1 Å². The van der Waals surface area contributed by atoms with Gasteiger partial charge in [-0.15, -0.1) is 0 Å². The summed E-state index contributed by atoms with van der Waals surface area (Å²) in [4.78, 5) is 30.4. The molecule has 2 amide bonds. The van der Waals surface area contributed by atoms with Crippen LogP contribution in [0.2, 0.25) is 0 Å². The van der Waals surface area contributed by atoms with E-state index in [2.05, 4.69) is 20.5 Å². The first kappa shape index (κ1) is 20.8. The standard InChI is InChI=1S/C19H22F3N5O2/c1-11-14(5-6-16(24-11)19(20,21)22)17(28)25-13-4-3-8-27(9-7-13)18(29)15-10-23-26-12(15)2/h5-6,10,13H,3-4,7-9H2,1-2H3,(H,23,26)(H,25,28)/t13-/m0/s1. The van der Waals surface area contributed by atoms with Gasteiger partial charge in [0, 0.05) is 24.8 Å². The van der Waals surface area contributed by atoms with Crippen LogP contribution in [0.3, 0.4) is 0 Å². The van der Waals surface area contributed by atoms with Gasteiger partial charge in [0.2, 0.25) is 0 Å². The minimum Gasteiger partial charge on any atom is -0.349 e. The molecule has 0 bridgehead atoms. The van der Waals surface area contributed by atoms with Crippen LogP contribution >= 0.6 is 0 Å². The van der Waals surface area contributed by atoms with Crippen molar-refractivity contribution in [3.8, 4) is 0 Å². The van der Waals surface area contributed by atoms with Gasteiger partial charge in [0.1, 0.15) is 5.69 Å². The van der Waals surface area contributed by atoms with Crippen molar-refractivity contribution in [2.24, 2.45) is 0 Å². The molecule has 156 valence electrons. The highest BCUT2D eigenvalue weighted by Gasteiger charge is 2.33. The molecule has 0 spiro atoms. The number of rotatable bonds is 3. The van der Waals surface area contributed by atoms with Gasteiger partial charge in [-0.1, -0.05) is 0 Å². The Balaban J connectivity index is 1.62. The number of nitrogens with zero attached hydrogens (tertiary/aromatic N) is 3. The third kappa shape index (κ3) is 4.75. The zero-order chi connectivity index (χ0) is 21.2. The van der Waals surface area contributed by atoms with Crippen molar-refractivity contribution in [2.45, 2.75) is 45.3 Å². The van der Waals surface area contributed by atoms with Crippen LogP contribution in [-0.2, 0) is 6.18 Å². The fraction of sp³-hybridized carbons (Fsp3) is 0.474. The number of amides is 2. The average molecular weight is 409 g/mol. The molecule has 3 rings (SSSR count). The van der Waals surface area contributed by atoms with Gasteiger partial charge >= 0.3 is 6.18 Å². The lowest BCUT2D eigenvalue weighted by Crippen LogP contribution is -2.37. The first-order valence-corrected chi connectivity index (χ1v) is 9.31. The van der Waals surface area contributed by atoms with Crippen molar-refractivity contribution in [1.82, 2.24) is 25.4 Å². The Kier molecular flexibility index (Phi) is 5.90. The van der Waals surface area contributed by atoms with E-state index < -0.39 is 17.8 Å². The fourth-order valence-electron chi connectivity index (χ4n) is 3.40. The highest BCUT2D eigenvalue weighted by molar-refractivity contribution is 5.96. The Morgan fingerprint density at radius 3 is 2.55 bits per heavy atom. The number of carbonyl (C=O) groups is 2. The van der Waals surface area contributed by atoms with Crippen molar-refractivity contribution < 1.29 is 22.8 Å². The lowest BCUT2D eigenvalue weighted by atomic mass is 10.1. The molecule has 29 heavy (non-hydrogen) atoms. The molecule has 1 aliphatic rings. The summed E-state index contributed by atoms with van der Waals surface area (Å²) in [6.45, 7) is 4.20. The summed E-state index contributed by atoms with van der Waals surface area (Å²) in [6, 6.07) is 1.78. The van der Waals surface area contributed by atoms with Crippen molar-refractivity contribution in [2.75, 3.05) is 13.1 Å². The van der Waals surface area contributed by atoms with E-state index in [0.29, 0.717) is 43.6 Å². The van der Waals surface area contributed by atoms with Crippen LogP contribution in [0.1, 0.15) is 57.1 Å². The van der Waals surface area contributed by atoms with Crippen LogP contribution in [0.15, 0.2) is 18.3 Å². The number of halogens is 3. The second-order valence-corrected chi connectivity index (χ2v) is 7.13. The Labute approximate surface area is 165 Å². The maximum absolute atomic E-state index is 12.7. The van der Waals surface area contributed by atoms with Crippen LogP contribution in [0.5, 0.6) is 0 Å². The van der Waals surface area contributed by atoms with Crippen LogP contribution < -0.4 is 5.32 Å². The Bertz CT molecular complexity index is 909. The summed E-state index contributed by atoms with van der Waals surface area (Å²) in [5, 5.41) is 9.48. The smallest absolute Gasteiger partial charge is 0.349 e.